The Kier molecular flexibility index (Phi) is 4.91. The maximum atomic E-state index is 11.9. The number of hydrogen-bond acceptors (Lipinski definition) is 2. The molecule has 18 heavy (non-hydrogen) atoms. The summed E-state index contributed by atoms with van der Waals surface area (Å²) >= 11 is -0.525. The van der Waals surface area contributed by atoms with Gasteiger partial charge in [-0.15, -0.1) is 0 Å². The van der Waals surface area contributed by atoms with Gasteiger partial charge in [-0.25, -0.2) is 0 Å². The van der Waals surface area contributed by atoms with Crippen molar-refractivity contribution in [2.75, 3.05) is 0 Å². The Morgan fingerprint density at radius 3 is 1.28 bits per heavy atom. The maximum absolute atomic E-state index is 11.9. The molecule has 0 amide bonds. The third-order valence-electron chi connectivity index (χ3n) is 2.21. The van der Waals surface area contributed by atoms with Crippen LogP contribution in [0.1, 0.15) is 20.7 Å². The molecule has 2 rings (SSSR count). The topological polar surface area (TPSA) is 34.1 Å². The molecule has 0 heterocycles. The van der Waals surface area contributed by atoms with Crippen molar-refractivity contribution in [3.05, 3.63) is 71.8 Å². The average Bonchev–Trinajstić information content (AvgIpc) is 2.46. The van der Waals surface area contributed by atoms with Crippen LogP contribution in [0.2, 0.25) is 0 Å². The molecule has 0 N–H and O–H groups in total. The molecule has 90 valence electrons. The summed E-state index contributed by atoms with van der Waals surface area (Å²) in [6.45, 7) is 0. The van der Waals surface area contributed by atoms with E-state index >= 15 is 0 Å². The number of rotatable bonds is 5. The molecule has 2 aromatic rings. The van der Waals surface area contributed by atoms with E-state index in [0.29, 0.717) is 11.1 Å². The molecule has 0 aliphatic rings. The summed E-state index contributed by atoms with van der Waals surface area (Å²) < 4.78 is 0.208. The fraction of sp³-hybridized carbons (Fsp3) is 0. The van der Waals surface area contributed by atoms with Crippen LogP contribution in [0.25, 0.3) is 0 Å². The van der Waals surface area contributed by atoms with Gasteiger partial charge in [0.05, 0.1) is 0 Å². The van der Waals surface area contributed by atoms with E-state index in [4.69, 9.17) is 0 Å². The zero-order valence-electron chi connectivity index (χ0n) is 9.41. The van der Waals surface area contributed by atoms with E-state index in [2.05, 4.69) is 0 Å². The Labute approximate surface area is 117 Å². The van der Waals surface area contributed by atoms with E-state index < -0.39 is 0 Å². The standard InChI is InChI=1S/C14H10O2Se2/c15-13(11-7-3-1-4-8-11)17-18-14(16)12-9-5-2-6-10-12/h1-10H. The molecule has 0 aromatic heterocycles. The van der Waals surface area contributed by atoms with Crippen LogP contribution in [0.15, 0.2) is 60.7 Å². The fourth-order valence-corrected chi connectivity index (χ4v) is 6.36. The van der Waals surface area contributed by atoms with Crippen LogP contribution in [0, 0.1) is 0 Å². The summed E-state index contributed by atoms with van der Waals surface area (Å²) in [7, 11) is 0. The van der Waals surface area contributed by atoms with Crippen molar-refractivity contribution in [1.29, 1.82) is 0 Å². The minimum atomic E-state index is -0.263. The summed E-state index contributed by atoms with van der Waals surface area (Å²) in [6.07, 6.45) is 0. The van der Waals surface area contributed by atoms with Crippen molar-refractivity contribution >= 4 is 35.6 Å². The molecule has 0 bridgehead atoms. The quantitative estimate of drug-likeness (QED) is 0.757. The number of hydrogen-bond donors (Lipinski definition) is 0. The van der Waals surface area contributed by atoms with Crippen LogP contribution in [0.3, 0.4) is 0 Å². The Morgan fingerprint density at radius 1 is 0.611 bits per heavy atom. The van der Waals surface area contributed by atoms with Crippen LogP contribution in [-0.4, -0.2) is 35.6 Å². The Morgan fingerprint density at radius 2 is 0.944 bits per heavy atom. The molecule has 0 fully saturated rings. The van der Waals surface area contributed by atoms with Crippen LogP contribution in [-0.2, 0) is 0 Å². The van der Waals surface area contributed by atoms with Crippen molar-refractivity contribution in [2.24, 2.45) is 0 Å². The van der Waals surface area contributed by atoms with Crippen molar-refractivity contribution in [3.63, 3.8) is 0 Å². The van der Waals surface area contributed by atoms with E-state index in [1.807, 2.05) is 36.4 Å². The van der Waals surface area contributed by atoms with Gasteiger partial charge in [0.25, 0.3) is 0 Å². The molecule has 0 atom stereocenters. The van der Waals surface area contributed by atoms with Gasteiger partial charge in [-0.2, -0.15) is 0 Å². The van der Waals surface area contributed by atoms with E-state index in [1.54, 1.807) is 24.3 Å². The van der Waals surface area contributed by atoms with Gasteiger partial charge in [0.15, 0.2) is 0 Å². The van der Waals surface area contributed by atoms with Crippen LogP contribution in [0.4, 0.5) is 0 Å². The second kappa shape index (κ2) is 6.67. The van der Waals surface area contributed by atoms with Gasteiger partial charge in [-0.05, 0) is 0 Å². The Balaban J connectivity index is 1.93. The predicted octanol–water partition coefficient (Wildman–Crippen LogP) is 1.99. The number of carbonyl (C=O) groups is 2. The Hall–Kier alpha value is -1.18. The summed E-state index contributed by atoms with van der Waals surface area (Å²) in [5.74, 6) is 0. The van der Waals surface area contributed by atoms with Gasteiger partial charge in [0.1, 0.15) is 0 Å². The summed E-state index contributed by atoms with van der Waals surface area (Å²) in [5.41, 5.74) is 1.42. The van der Waals surface area contributed by atoms with Gasteiger partial charge < -0.3 is 0 Å². The van der Waals surface area contributed by atoms with Crippen molar-refractivity contribution in [1.82, 2.24) is 0 Å². The molecular formula is C14H10O2Se2. The van der Waals surface area contributed by atoms with Crippen molar-refractivity contribution in [3.8, 4) is 0 Å². The summed E-state index contributed by atoms with van der Waals surface area (Å²) in [4.78, 5) is 23.7. The third kappa shape index (κ3) is 3.66. The monoisotopic (exact) mass is 370 g/mol. The molecule has 0 unspecified atom stereocenters. The van der Waals surface area contributed by atoms with E-state index in [0.717, 1.165) is 0 Å². The number of benzene rings is 2. The van der Waals surface area contributed by atoms with Crippen molar-refractivity contribution < 1.29 is 9.59 Å². The number of carbonyl (C=O) groups excluding carboxylic acids is 2. The second-order valence-electron chi connectivity index (χ2n) is 3.47. The van der Waals surface area contributed by atoms with Gasteiger partial charge in [-0.1, -0.05) is 0 Å². The van der Waals surface area contributed by atoms with Gasteiger partial charge >= 0.3 is 117 Å². The summed E-state index contributed by atoms with van der Waals surface area (Å²) in [6, 6.07) is 18.3. The molecule has 0 saturated carbocycles. The zero-order valence-corrected chi connectivity index (χ0v) is 12.8. The molecule has 2 aromatic carbocycles. The van der Waals surface area contributed by atoms with Crippen molar-refractivity contribution in [2.45, 2.75) is 0 Å². The first-order valence-corrected chi connectivity index (χ1v) is 11.4. The first kappa shape index (κ1) is 13.3. The predicted molar refractivity (Wildman–Crippen MR) is 73.1 cm³/mol. The normalized spacial score (nSPS) is 10.0. The molecule has 0 aliphatic heterocycles. The third-order valence-corrected chi connectivity index (χ3v) is 8.22. The molecule has 0 aliphatic carbocycles. The van der Waals surface area contributed by atoms with Crippen LogP contribution >= 0.6 is 0 Å². The minimum absolute atomic E-state index is 0.104. The first-order valence-electron chi connectivity index (χ1n) is 5.30. The van der Waals surface area contributed by atoms with Gasteiger partial charge in [0, 0.05) is 0 Å². The molecule has 2 nitrogen and oxygen atoms in total. The molecule has 4 heteroatoms. The van der Waals surface area contributed by atoms with E-state index in [1.165, 1.54) is 0 Å². The molecule has 0 spiro atoms. The van der Waals surface area contributed by atoms with E-state index in [-0.39, 0.29) is 35.6 Å². The average molecular weight is 368 g/mol. The van der Waals surface area contributed by atoms with E-state index in [9.17, 15) is 9.59 Å². The first-order chi connectivity index (χ1) is 8.77. The Bertz CT molecular complexity index is 487. The summed E-state index contributed by atoms with van der Waals surface area (Å²) in [5, 5.41) is 0. The van der Waals surface area contributed by atoms with Crippen LogP contribution < -0.4 is 0 Å². The SMILES string of the molecule is O=C([Se][Se]C(=O)c1ccccc1)c1ccccc1. The molecule has 0 radical (unpaired) electrons. The zero-order chi connectivity index (χ0) is 12.8. The van der Waals surface area contributed by atoms with Crippen LogP contribution in [0.5, 0.6) is 0 Å². The second-order valence-corrected chi connectivity index (χ2v) is 9.36. The fourth-order valence-electron chi connectivity index (χ4n) is 1.32. The van der Waals surface area contributed by atoms with Gasteiger partial charge in [-0.3, -0.25) is 0 Å². The molecule has 0 saturated heterocycles. The molecular weight excluding hydrogens is 358 g/mol. The van der Waals surface area contributed by atoms with Gasteiger partial charge in [0.2, 0.25) is 0 Å².